The van der Waals surface area contributed by atoms with E-state index in [4.69, 9.17) is 17.3 Å². The van der Waals surface area contributed by atoms with E-state index >= 15 is 0 Å². The van der Waals surface area contributed by atoms with Crippen molar-refractivity contribution in [2.24, 2.45) is 5.73 Å². The van der Waals surface area contributed by atoms with E-state index in [2.05, 4.69) is 10.2 Å². The molecule has 4 heteroatoms. The summed E-state index contributed by atoms with van der Waals surface area (Å²) in [5.41, 5.74) is 8.68. The molecule has 1 aromatic heterocycles. The van der Waals surface area contributed by atoms with Crippen LogP contribution in [0.2, 0.25) is 5.15 Å². The number of aromatic amines is 1. The van der Waals surface area contributed by atoms with Crippen LogP contribution in [0.3, 0.4) is 0 Å². The molecule has 0 aromatic carbocycles. The highest BCUT2D eigenvalue weighted by atomic mass is 35.5. The second-order valence-electron chi connectivity index (χ2n) is 5.04. The number of nitrogens with two attached hydrogens (primary N) is 1. The molecule has 0 saturated heterocycles. The highest BCUT2D eigenvalue weighted by Crippen LogP contribution is 2.43. The molecular formula is C11H16ClN3. The summed E-state index contributed by atoms with van der Waals surface area (Å²) in [6.45, 7) is 0. The molecular weight excluding hydrogens is 210 g/mol. The van der Waals surface area contributed by atoms with Crippen LogP contribution in [0.5, 0.6) is 0 Å². The van der Waals surface area contributed by atoms with E-state index in [0.29, 0.717) is 11.1 Å². The fourth-order valence-corrected chi connectivity index (χ4v) is 2.33. The molecule has 0 atom stereocenters. The Labute approximate surface area is 94.4 Å². The van der Waals surface area contributed by atoms with Crippen LogP contribution in [0.1, 0.15) is 49.3 Å². The average molecular weight is 226 g/mol. The van der Waals surface area contributed by atoms with Gasteiger partial charge in [-0.25, -0.2) is 0 Å². The summed E-state index contributed by atoms with van der Waals surface area (Å²) in [5.74, 6) is 0.688. The largest absolute Gasteiger partial charge is 0.325 e. The maximum absolute atomic E-state index is 6.08. The van der Waals surface area contributed by atoms with Gasteiger partial charge in [0.1, 0.15) is 0 Å². The fraction of sp³-hybridized carbons (Fsp3) is 0.727. The van der Waals surface area contributed by atoms with E-state index in [9.17, 15) is 0 Å². The van der Waals surface area contributed by atoms with Gasteiger partial charge in [-0.1, -0.05) is 11.6 Å². The van der Waals surface area contributed by atoms with Crippen molar-refractivity contribution in [3.63, 3.8) is 0 Å². The Morgan fingerprint density at radius 3 is 2.80 bits per heavy atom. The summed E-state index contributed by atoms with van der Waals surface area (Å²) in [6, 6.07) is 0. The zero-order valence-electron chi connectivity index (χ0n) is 8.72. The van der Waals surface area contributed by atoms with E-state index in [1.54, 1.807) is 0 Å². The van der Waals surface area contributed by atoms with Crippen molar-refractivity contribution < 1.29 is 0 Å². The lowest BCUT2D eigenvalue weighted by Crippen LogP contribution is -2.22. The number of hydrogen-bond acceptors (Lipinski definition) is 2. The molecule has 0 aliphatic heterocycles. The predicted octanol–water partition coefficient (Wildman–Crippen LogP) is 2.36. The summed E-state index contributed by atoms with van der Waals surface area (Å²) in [7, 11) is 0. The van der Waals surface area contributed by atoms with Crippen LogP contribution in [0, 0.1) is 0 Å². The molecule has 2 saturated carbocycles. The number of halogens is 1. The highest BCUT2D eigenvalue weighted by Gasteiger charge is 2.38. The van der Waals surface area contributed by atoms with Crippen LogP contribution in [0.25, 0.3) is 0 Å². The van der Waals surface area contributed by atoms with Crippen LogP contribution in [0.4, 0.5) is 0 Å². The Morgan fingerprint density at radius 2 is 2.20 bits per heavy atom. The summed E-state index contributed by atoms with van der Waals surface area (Å²) in [6.07, 6.45) is 6.92. The first-order chi connectivity index (χ1) is 7.18. The minimum Gasteiger partial charge on any atom is -0.325 e. The van der Waals surface area contributed by atoms with Crippen molar-refractivity contribution in [1.82, 2.24) is 10.2 Å². The molecule has 0 spiro atoms. The van der Waals surface area contributed by atoms with Crippen molar-refractivity contribution >= 4 is 11.6 Å². The third kappa shape index (κ3) is 1.91. The number of rotatable bonds is 4. The zero-order valence-corrected chi connectivity index (χ0v) is 9.48. The van der Waals surface area contributed by atoms with Crippen LogP contribution >= 0.6 is 11.6 Å². The minimum absolute atomic E-state index is 0.113. The normalized spacial score (nSPS) is 23.1. The van der Waals surface area contributed by atoms with Gasteiger partial charge >= 0.3 is 0 Å². The standard InChI is InChI=1S/C11H16ClN3/c12-10-8(3-4-11(13)5-6-11)9(14-15-10)7-1-2-7/h7H,1-6,13H2,(H,14,15). The van der Waals surface area contributed by atoms with Gasteiger partial charge in [-0.05, 0) is 38.5 Å². The molecule has 0 bridgehead atoms. The summed E-state index contributed by atoms with van der Waals surface area (Å²) >= 11 is 6.08. The number of H-pyrrole nitrogens is 1. The lowest BCUT2D eigenvalue weighted by atomic mass is 10.0. The smallest absolute Gasteiger partial charge is 0.154 e. The van der Waals surface area contributed by atoms with Gasteiger partial charge in [0.25, 0.3) is 0 Å². The van der Waals surface area contributed by atoms with Gasteiger partial charge < -0.3 is 5.73 Å². The number of hydrogen-bond donors (Lipinski definition) is 2. The Bertz CT molecular complexity index is 377. The van der Waals surface area contributed by atoms with Crippen molar-refractivity contribution in [3.05, 3.63) is 16.4 Å². The minimum atomic E-state index is 0.113. The molecule has 15 heavy (non-hydrogen) atoms. The molecule has 0 radical (unpaired) electrons. The molecule has 2 aliphatic rings. The molecule has 0 unspecified atom stereocenters. The molecule has 2 aliphatic carbocycles. The predicted molar refractivity (Wildman–Crippen MR) is 60.0 cm³/mol. The van der Waals surface area contributed by atoms with Crippen molar-refractivity contribution in [2.45, 2.75) is 50.0 Å². The lowest BCUT2D eigenvalue weighted by Gasteiger charge is -2.08. The van der Waals surface area contributed by atoms with Gasteiger partial charge in [0.2, 0.25) is 0 Å². The summed E-state index contributed by atoms with van der Waals surface area (Å²) in [5, 5.41) is 7.82. The van der Waals surface area contributed by atoms with Gasteiger partial charge in [-0.2, -0.15) is 5.10 Å². The van der Waals surface area contributed by atoms with Gasteiger partial charge in [0, 0.05) is 22.7 Å². The van der Waals surface area contributed by atoms with Crippen molar-refractivity contribution in [3.8, 4) is 0 Å². The maximum Gasteiger partial charge on any atom is 0.154 e. The average Bonchev–Trinajstić information content (AvgIpc) is 3.10. The zero-order chi connectivity index (χ0) is 10.5. The molecule has 82 valence electrons. The van der Waals surface area contributed by atoms with Gasteiger partial charge in [-0.3, -0.25) is 5.10 Å². The van der Waals surface area contributed by atoms with E-state index in [0.717, 1.165) is 12.8 Å². The Hall–Kier alpha value is -0.540. The number of aromatic nitrogens is 2. The van der Waals surface area contributed by atoms with Crippen LogP contribution in [0.15, 0.2) is 0 Å². The van der Waals surface area contributed by atoms with E-state index in [1.165, 1.54) is 36.9 Å². The molecule has 0 amide bonds. The SMILES string of the molecule is NC1(CCc2c(Cl)n[nH]c2C2CC2)CC1. The van der Waals surface area contributed by atoms with Crippen molar-refractivity contribution in [2.75, 3.05) is 0 Å². The van der Waals surface area contributed by atoms with E-state index < -0.39 is 0 Å². The molecule has 3 nitrogen and oxygen atoms in total. The first-order valence-electron chi connectivity index (χ1n) is 5.69. The quantitative estimate of drug-likeness (QED) is 0.827. The molecule has 3 rings (SSSR count). The van der Waals surface area contributed by atoms with Crippen LogP contribution < -0.4 is 5.73 Å². The monoisotopic (exact) mass is 225 g/mol. The maximum atomic E-state index is 6.08. The Balaban J connectivity index is 1.74. The fourth-order valence-electron chi connectivity index (χ4n) is 2.09. The first-order valence-corrected chi connectivity index (χ1v) is 6.07. The van der Waals surface area contributed by atoms with Gasteiger partial charge in [0.15, 0.2) is 5.15 Å². The van der Waals surface area contributed by atoms with Crippen LogP contribution in [-0.2, 0) is 6.42 Å². The molecule has 1 aromatic rings. The third-order valence-electron chi connectivity index (χ3n) is 3.60. The lowest BCUT2D eigenvalue weighted by molar-refractivity contribution is 0.607. The van der Waals surface area contributed by atoms with Crippen molar-refractivity contribution in [1.29, 1.82) is 0 Å². The number of nitrogens with one attached hydrogen (secondary N) is 1. The van der Waals surface area contributed by atoms with Gasteiger partial charge in [0.05, 0.1) is 0 Å². The first kappa shape index (κ1) is 9.67. The molecule has 2 fully saturated rings. The summed E-state index contributed by atoms with van der Waals surface area (Å²) in [4.78, 5) is 0. The Morgan fingerprint density at radius 1 is 1.47 bits per heavy atom. The van der Waals surface area contributed by atoms with E-state index in [1.807, 2.05) is 0 Å². The van der Waals surface area contributed by atoms with Crippen LogP contribution in [-0.4, -0.2) is 15.7 Å². The van der Waals surface area contributed by atoms with E-state index in [-0.39, 0.29) is 5.54 Å². The second kappa shape index (κ2) is 3.22. The Kier molecular flexibility index (Phi) is 2.08. The van der Waals surface area contributed by atoms with Gasteiger partial charge in [-0.15, -0.1) is 0 Å². The third-order valence-corrected chi connectivity index (χ3v) is 3.91. The molecule has 3 N–H and O–H groups in total. The number of nitrogens with zero attached hydrogens (tertiary/aromatic N) is 1. The highest BCUT2D eigenvalue weighted by molar-refractivity contribution is 6.30. The molecule has 1 heterocycles. The second-order valence-corrected chi connectivity index (χ2v) is 5.40. The topological polar surface area (TPSA) is 54.7 Å². The summed E-state index contributed by atoms with van der Waals surface area (Å²) < 4.78 is 0.